The number of carbonyl (C=O) groups is 1. The summed E-state index contributed by atoms with van der Waals surface area (Å²) in [6, 6.07) is 8.34. The molecule has 0 aromatic carbocycles. The second-order valence-corrected chi connectivity index (χ2v) is 6.08. The molecule has 1 atom stereocenters. The van der Waals surface area contributed by atoms with Crippen molar-refractivity contribution in [3.63, 3.8) is 0 Å². The summed E-state index contributed by atoms with van der Waals surface area (Å²) in [5, 5.41) is 12.6. The van der Waals surface area contributed by atoms with E-state index in [0.717, 1.165) is 25.0 Å². The minimum atomic E-state index is 0.268. The van der Waals surface area contributed by atoms with Gasteiger partial charge < -0.3 is 10.2 Å². The van der Waals surface area contributed by atoms with Crippen LogP contribution >= 0.6 is 0 Å². The van der Waals surface area contributed by atoms with E-state index in [4.69, 9.17) is 0 Å². The lowest BCUT2D eigenvalue weighted by Gasteiger charge is -2.15. The monoisotopic (exact) mass is 295 g/mol. The van der Waals surface area contributed by atoms with E-state index >= 15 is 0 Å². The highest BCUT2D eigenvalue weighted by atomic mass is 16.2. The van der Waals surface area contributed by atoms with E-state index in [2.05, 4.69) is 16.4 Å². The summed E-state index contributed by atoms with van der Waals surface area (Å²) >= 11 is 0. The number of anilines is 1. The van der Waals surface area contributed by atoms with Crippen molar-refractivity contribution in [3.05, 3.63) is 30.1 Å². The second kappa shape index (κ2) is 5.02. The zero-order valence-corrected chi connectivity index (χ0v) is 12.2. The fourth-order valence-corrected chi connectivity index (χ4v) is 3.15. The largest absolute Gasteiger partial charge is 0.367 e. The van der Waals surface area contributed by atoms with E-state index in [0.29, 0.717) is 36.4 Å². The summed E-state index contributed by atoms with van der Waals surface area (Å²) in [7, 11) is 0. The Kier molecular flexibility index (Phi) is 3.00. The SMILES string of the molecule is N#Cc1c(NCC2CC(=O)N(C3CC3)C2)nc2ccccn12. The lowest BCUT2D eigenvalue weighted by Crippen LogP contribution is -2.28. The lowest BCUT2D eigenvalue weighted by atomic mass is 10.1. The minimum Gasteiger partial charge on any atom is -0.367 e. The number of rotatable bonds is 4. The van der Waals surface area contributed by atoms with Crippen molar-refractivity contribution in [1.82, 2.24) is 14.3 Å². The van der Waals surface area contributed by atoms with Crippen molar-refractivity contribution < 1.29 is 4.79 Å². The zero-order chi connectivity index (χ0) is 15.1. The number of hydrogen-bond donors (Lipinski definition) is 1. The minimum absolute atomic E-state index is 0.268. The van der Waals surface area contributed by atoms with Crippen LogP contribution in [0.5, 0.6) is 0 Å². The van der Waals surface area contributed by atoms with Gasteiger partial charge >= 0.3 is 0 Å². The normalized spacial score (nSPS) is 21.3. The summed E-state index contributed by atoms with van der Waals surface area (Å²) in [5.41, 5.74) is 1.27. The maximum atomic E-state index is 12.0. The highest BCUT2D eigenvalue weighted by Gasteiger charge is 2.39. The van der Waals surface area contributed by atoms with Gasteiger partial charge in [-0.3, -0.25) is 9.20 Å². The van der Waals surface area contributed by atoms with Gasteiger partial charge in [-0.15, -0.1) is 0 Å². The molecule has 2 aromatic heterocycles. The molecule has 4 rings (SSSR count). The van der Waals surface area contributed by atoms with Crippen LogP contribution in [0.1, 0.15) is 25.0 Å². The van der Waals surface area contributed by atoms with Crippen LogP contribution in [0.15, 0.2) is 24.4 Å². The molecule has 1 unspecified atom stereocenters. The van der Waals surface area contributed by atoms with Gasteiger partial charge in [-0.2, -0.15) is 5.26 Å². The van der Waals surface area contributed by atoms with Crippen LogP contribution in [0.2, 0.25) is 0 Å². The second-order valence-electron chi connectivity index (χ2n) is 6.08. The average molecular weight is 295 g/mol. The Labute approximate surface area is 128 Å². The molecule has 0 bridgehead atoms. The van der Waals surface area contributed by atoms with E-state index in [1.165, 1.54) is 0 Å². The van der Waals surface area contributed by atoms with Gasteiger partial charge in [-0.1, -0.05) is 6.07 Å². The summed E-state index contributed by atoms with van der Waals surface area (Å²) in [6.45, 7) is 1.50. The van der Waals surface area contributed by atoms with Gasteiger partial charge in [0, 0.05) is 37.7 Å². The Balaban J connectivity index is 1.48. The highest BCUT2D eigenvalue weighted by Crippen LogP contribution is 2.32. The van der Waals surface area contributed by atoms with Crippen molar-refractivity contribution in [1.29, 1.82) is 5.26 Å². The molecule has 22 heavy (non-hydrogen) atoms. The number of carbonyl (C=O) groups excluding carboxylic acids is 1. The molecular weight excluding hydrogens is 278 g/mol. The van der Waals surface area contributed by atoms with Crippen molar-refractivity contribution >= 4 is 17.4 Å². The van der Waals surface area contributed by atoms with E-state index in [1.54, 1.807) is 4.40 Å². The molecule has 1 saturated carbocycles. The number of fused-ring (bicyclic) bond motifs is 1. The number of pyridine rings is 1. The molecule has 1 aliphatic carbocycles. The molecule has 6 nitrogen and oxygen atoms in total. The first-order chi connectivity index (χ1) is 10.8. The number of nitrogens with zero attached hydrogens (tertiary/aromatic N) is 4. The summed E-state index contributed by atoms with van der Waals surface area (Å²) < 4.78 is 1.78. The first-order valence-electron chi connectivity index (χ1n) is 7.67. The Morgan fingerprint density at radius 2 is 2.27 bits per heavy atom. The third-order valence-electron chi connectivity index (χ3n) is 4.42. The number of aromatic nitrogens is 2. The van der Waals surface area contributed by atoms with E-state index in [-0.39, 0.29) is 5.91 Å². The molecule has 1 amide bonds. The van der Waals surface area contributed by atoms with Gasteiger partial charge in [0.05, 0.1) is 0 Å². The highest BCUT2D eigenvalue weighted by molar-refractivity contribution is 5.79. The standard InChI is InChI=1S/C16H17N5O/c17-8-13-16(19-14-3-1-2-6-20(13)14)18-9-11-7-15(22)21(10-11)12-4-5-12/h1-3,6,11-12,18H,4-5,7,9-10H2. The first kappa shape index (κ1) is 13.1. The van der Waals surface area contributed by atoms with E-state index in [9.17, 15) is 10.1 Å². The van der Waals surface area contributed by atoms with Crippen LogP contribution in [0, 0.1) is 17.2 Å². The Morgan fingerprint density at radius 1 is 1.41 bits per heavy atom. The molecule has 0 spiro atoms. The van der Waals surface area contributed by atoms with Crippen LogP contribution in [0.25, 0.3) is 5.65 Å². The van der Waals surface area contributed by atoms with Crippen molar-refractivity contribution in [2.75, 3.05) is 18.4 Å². The Bertz CT molecular complexity index is 770. The third-order valence-corrected chi connectivity index (χ3v) is 4.42. The maximum Gasteiger partial charge on any atom is 0.223 e. The van der Waals surface area contributed by atoms with Crippen LogP contribution < -0.4 is 5.32 Å². The number of amides is 1. The predicted molar refractivity (Wildman–Crippen MR) is 81.2 cm³/mol. The number of hydrogen-bond acceptors (Lipinski definition) is 4. The summed E-state index contributed by atoms with van der Waals surface area (Å²) in [5.74, 6) is 1.17. The summed E-state index contributed by atoms with van der Waals surface area (Å²) in [6.07, 6.45) is 4.73. The molecule has 1 saturated heterocycles. The zero-order valence-electron chi connectivity index (χ0n) is 12.2. The molecule has 2 fully saturated rings. The quantitative estimate of drug-likeness (QED) is 0.930. The predicted octanol–water partition coefficient (Wildman–Crippen LogP) is 1.63. The molecule has 2 aromatic rings. The topological polar surface area (TPSA) is 73.4 Å². The smallest absolute Gasteiger partial charge is 0.223 e. The van der Waals surface area contributed by atoms with Crippen LogP contribution in [-0.4, -0.2) is 39.3 Å². The number of imidazole rings is 1. The van der Waals surface area contributed by atoms with Crippen molar-refractivity contribution in [2.24, 2.45) is 5.92 Å². The number of nitrogens with one attached hydrogen (secondary N) is 1. The molecule has 1 N–H and O–H groups in total. The van der Waals surface area contributed by atoms with E-state index < -0.39 is 0 Å². The number of likely N-dealkylation sites (tertiary alicyclic amines) is 1. The third kappa shape index (κ3) is 2.19. The van der Waals surface area contributed by atoms with Crippen LogP contribution in [0.4, 0.5) is 5.82 Å². The van der Waals surface area contributed by atoms with Gasteiger partial charge in [0.25, 0.3) is 0 Å². The Hall–Kier alpha value is -2.55. The molecule has 3 heterocycles. The molecule has 0 radical (unpaired) electrons. The Morgan fingerprint density at radius 3 is 3.05 bits per heavy atom. The van der Waals surface area contributed by atoms with Gasteiger partial charge in [-0.05, 0) is 25.0 Å². The molecule has 2 aliphatic rings. The maximum absolute atomic E-state index is 12.0. The van der Waals surface area contributed by atoms with Crippen molar-refractivity contribution in [2.45, 2.75) is 25.3 Å². The fourth-order valence-electron chi connectivity index (χ4n) is 3.15. The molecule has 112 valence electrons. The molecule has 1 aliphatic heterocycles. The van der Waals surface area contributed by atoms with Gasteiger partial charge in [0.15, 0.2) is 11.5 Å². The van der Waals surface area contributed by atoms with E-state index in [1.807, 2.05) is 29.3 Å². The van der Waals surface area contributed by atoms with Gasteiger partial charge in [0.2, 0.25) is 5.91 Å². The van der Waals surface area contributed by atoms with Crippen LogP contribution in [0.3, 0.4) is 0 Å². The van der Waals surface area contributed by atoms with Crippen LogP contribution in [-0.2, 0) is 4.79 Å². The first-order valence-corrected chi connectivity index (χ1v) is 7.67. The van der Waals surface area contributed by atoms with Gasteiger partial charge in [0.1, 0.15) is 11.7 Å². The molecule has 6 heteroatoms. The number of nitriles is 1. The fraction of sp³-hybridized carbons (Fsp3) is 0.438. The average Bonchev–Trinajstić information content (AvgIpc) is 3.20. The summed E-state index contributed by atoms with van der Waals surface area (Å²) in [4.78, 5) is 18.4. The van der Waals surface area contributed by atoms with Gasteiger partial charge in [-0.25, -0.2) is 4.98 Å². The molecular formula is C16H17N5O. The van der Waals surface area contributed by atoms with Crippen molar-refractivity contribution in [3.8, 4) is 6.07 Å². The lowest BCUT2D eigenvalue weighted by molar-refractivity contribution is -0.128.